The summed E-state index contributed by atoms with van der Waals surface area (Å²) in [5, 5.41) is 13.6. The highest BCUT2D eigenvalue weighted by Gasteiger charge is 2.36. The summed E-state index contributed by atoms with van der Waals surface area (Å²) in [5.41, 5.74) is 1.42. The highest BCUT2D eigenvalue weighted by atomic mass is 16.3. The second kappa shape index (κ2) is 6.64. The van der Waals surface area contributed by atoms with Crippen molar-refractivity contribution in [2.45, 2.75) is 6.04 Å². The number of fused-ring (bicyclic) bond motifs is 1. The molecule has 0 radical (unpaired) electrons. The fourth-order valence-corrected chi connectivity index (χ4v) is 2.88. The van der Waals surface area contributed by atoms with Crippen LogP contribution >= 0.6 is 0 Å². The lowest BCUT2D eigenvalue weighted by Crippen LogP contribution is -2.32. The number of hydrogen-bond acceptors (Lipinski definition) is 4. The Morgan fingerprint density at radius 3 is 2.17 bits per heavy atom. The van der Waals surface area contributed by atoms with E-state index in [0.29, 0.717) is 12.1 Å². The first-order valence-electron chi connectivity index (χ1n) is 7.66. The van der Waals surface area contributed by atoms with E-state index < -0.39 is 17.6 Å². The number of carbonyl (C=O) groups excluding carboxylic acids is 2. The molecular formula is C20H17NO3. The summed E-state index contributed by atoms with van der Waals surface area (Å²) in [5.74, 6) is -1.36. The molecule has 1 atom stereocenters. The fraction of sp³-hybridized carbons (Fsp3) is 0.100. The molecule has 2 N–H and O–H groups in total. The van der Waals surface area contributed by atoms with Crippen LogP contribution in [0.25, 0.3) is 0 Å². The van der Waals surface area contributed by atoms with Crippen molar-refractivity contribution in [2.24, 2.45) is 0 Å². The van der Waals surface area contributed by atoms with Gasteiger partial charge in [-0.2, -0.15) is 0 Å². The maximum Gasteiger partial charge on any atom is 0.228 e. The Morgan fingerprint density at radius 2 is 1.54 bits per heavy atom. The van der Waals surface area contributed by atoms with Gasteiger partial charge in [0.1, 0.15) is 0 Å². The van der Waals surface area contributed by atoms with E-state index in [0.717, 1.165) is 5.56 Å². The van der Waals surface area contributed by atoms with E-state index in [4.69, 9.17) is 0 Å². The molecule has 1 aliphatic rings. The van der Waals surface area contributed by atoms with Crippen LogP contribution in [0.2, 0.25) is 0 Å². The number of aliphatic hydroxyl groups is 1. The van der Waals surface area contributed by atoms with E-state index in [1.165, 1.54) is 0 Å². The molecule has 2 aromatic rings. The summed E-state index contributed by atoms with van der Waals surface area (Å²) in [6, 6.07) is 15.2. The molecule has 1 unspecified atom stereocenters. The van der Waals surface area contributed by atoms with E-state index in [-0.39, 0.29) is 16.9 Å². The standard InChI is InChI=1S/C20H17NO3/c1-2-12-21-17(13-8-4-3-5-9-13)16-18(22)14-10-6-7-11-15(14)19(23)20(16)24/h2-11,17,21,24H,1,12H2. The monoisotopic (exact) mass is 319 g/mol. The molecule has 0 saturated carbocycles. The van der Waals surface area contributed by atoms with Crippen molar-refractivity contribution in [3.8, 4) is 0 Å². The number of Topliss-reactive ketones (excluding diaryl/α,β-unsaturated/α-hetero) is 2. The van der Waals surface area contributed by atoms with Gasteiger partial charge in [0.2, 0.25) is 5.78 Å². The van der Waals surface area contributed by atoms with Gasteiger partial charge in [-0.05, 0) is 5.56 Å². The summed E-state index contributed by atoms with van der Waals surface area (Å²) in [4.78, 5) is 25.4. The van der Waals surface area contributed by atoms with Crippen LogP contribution < -0.4 is 5.32 Å². The summed E-state index contributed by atoms with van der Waals surface area (Å²) in [6.45, 7) is 4.10. The molecule has 4 nitrogen and oxygen atoms in total. The fourth-order valence-electron chi connectivity index (χ4n) is 2.88. The van der Waals surface area contributed by atoms with Crippen molar-refractivity contribution in [1.29, 1.82) is 0 Å². The number of nitrogens with one attached hydrogen (secondary N) is 1. The minimum absolute atomic E-state index is 0.0757. The minimum Gasteiger partial charge on any atom is -0.504 e. The van der Waals surface area contributed by atoms with Gasteiger partial charge >= 0.3 is 0 Å². The lowest BCUT2D eigenvalue weighted by atomic mass is 9.83. The zero-order valence-electron chi connectivity index (χ0n) is 13.0. The van der Waals surface area contributed by atoms with Crippen molar-refractivity contribution in [1.82, 2.24) is 5.32 Å². The van der Waals surface area contributed by atoms with Crippen LogP contribution in [0.15, 0.2) is 78.6 Å². The van der Waals surface area contributed by atoms with Gasteiger partial charge in [0.15, 0.2) is 11.5 Å². The molecule has 0 spiro atoms. The Balaban J connectivity index is 2.13. The highest BCUT2D eigenvalue weighted by molar-refractivity contribution is 6.26. The van der Waals surface area contributed by atoms with Gasteiger partial charge < -0.3 is 10.4 Å². The number of aliphatic hydroxyl groups excluding tert-OH is 1. The third-order valence-electron chi connectivity index (χ3n) is 4.02. The Hall–Kier alpha value is -2.98. The Labute approximate surface area is 140 Å². The normalized spacial score (nSPS) is 15.2. The van der Waals surface area contributed by atoms with Crippen molar-refractivity contribution < 1.29 is 14.7 Å². The van der Waals surface area contributed by atoms with E-state index in [9.17, 15) is 14.7 Å². The van der Waals surface area contributed by atoms with Gasteiger partial charge in [0.25, 0.3) is 0 Å². The maximum atomic E-state index is 12.9. The van der Waals surface area contributed by atoms with E-state index in [1.807, 2.05) is 30.3 Å². The van der Waals surface area contributed by atoms with Gasteiger partial charge in [0, 0.05) is 17.7 Å². The van der Waals surface area contributed by atoms with Gasteiger partial charge in [-0.3, -0.25) is 9.59 Å². The molecule has 24 heavy (non-hydrogen) atoms. The third-order valence-corrected chi connectivity index (χ3v) is 4.02. The average Bonchev–Trinajstić information content (AvgIpc) is 2.63. The highest BCUT2D eigenvalue weighted by Crippen LogP contribution is 2.33. The van der Waals surface area contributed by atoms with Crippen LogP contribution in [0.3, 0.4) is 0 Å². The smallest absolute Gasteiger partial charge is 0.228 e. The van der Waals surface area contributed by atoms with E-state index >= 15 is 0 Å². The second-order valence-electron chi connectivity index (χ2n) is 5.51. The molecule has 0 aliphatic heterocycles. The molecule has 1 aliphatic carbocycles. The molecule has 2 aromatic carbocycles. The molecule has 0 fully saturated rings. The minimum atomic E-state index is -0.589. The van der Waals surface area contributed by atoms with Crippen LogP contribution in [0.5, 0.6) is 0 Å². The quantitative estimate of drug-likeness (QED) is 0.829. The van der Waals surface area contributed by atoms with Crippen LogP contribution in [-0.4, -0.2) is 23.2 Å². The third kappa shape index (κ3) is 2.68. The first kappa shape index (κ1) is 15.9. The molecule has 3 rings (SSSR count). The number of allylic oxidation sites excluding steroid dienone is 1. The number of carbonyl (C=O) groups is 2. The summed E-state index contributed by atoms with van der Waals surface area (Å²) >= 11 is 0. The Kier molecular flexibility index (Phi) is 4.40. The molecule has 0 saturated heterocycles. The van der Waals surface area contributed by atoms with Crippen LogP contribution in [0, 0.1) is 0 Å². The molecule has 4 heteroatoms. The Bertz CT molecular complexity index is 837. The van der Waals surface area contributed by atoms with Crippen LogP contribution in [-0.2, 0) is 0 Å². The van der Waals surface area contributed by atoms with Crippen molar-refractivity contribution >= 4 is 11.6 Å². The van der Waals surface area contributed by atoms with Crippen LogP contribution in [0.1, 0.15) is 32.3 Å². The zero-order valence-corrected chi connectivity index (χ0v) is 13.0. The summed E-state index contributed by atoms with van der Waals surface area (Å²) in [6.07, 6.45) is 1.66. The van der Waals surface area contributed by atoms with Gasteiger partial charge in [-0.25, -0.2) is 0 Å². The lowest BCUT2D eigenvalue weighted by Gasteiger charge is -2.25. The summed E-state index contributed by atoms with van der Waals surface area (Å²) in [7, 11) is 0. The van der Waals surface area contributed by atoms with E-state index in [1.54, 1.807) is 30.3 Å². The molecular weight excluding hydrogens is 302 g/mol. The number of benzene rings is 2. The predicted octanol–water partition coefficient (Wildman–Crippen LogP) is 3.39. The second-order valence-corrected chi connectivity index (χ2v) is 5.51. The van der Waals surface area contributed by atoms with Crippen molar-refractivity contribution in [3.63, 3.8) is 0 Å². The SMILES string of the molecule is C=CCNC(C1=C(O)C(=O)c2ccccc2C1=O)c1ccccc1. The number of ketones is 2. The van der Waals surface area contributed by atoms with Gasteiger partial charge in [-0.15, -0.1) is 6.58 Å². The van der Waals surface area contributed by atoms with Crippen molar-refractivity contribution in [2.75, 3.05) is 6.54 Å². The number of rotatable bonds is 5. The first-order chi connectivity index (χ1) is 11.6. The van der Waals surface area contributed by atoms with Gasteiger partial charge in [0.05, 0.1) is 11.6 Å². The first-order valence-corrected chi connectivity index (χ1v) is 7.66. The van der Waals surface area contributed by atoms with Gasteiger partial charge in [-0.1, -0.05) is 60.7 Å². The topological polar surface area (TPSA) is 66.4 Å². The molecule has 0 bridgehead atoms. The molecule has 0 heterocycles. The molecule has 120 valence electrons. The summed E-state index contributed by atoms with van der Waals surface area (Å²) < 4.78 is 0. The lowest BCUT2D eigenvalue weighted by molar-refractivity contribution is 0.0922. The predicted molar refractivity (Wildman–Crippen MR) is 92.1 cm³/mol. The van der Waals surface area contributed by atoms with Crippen molar-refractivity contribution in [3.05, 3.63) is 95.3 Å². The number of hydrogen-bond donors (Lipinski definition) is 2. The zero-order chi connectivity index (χ0) is 17.1. The van der Waals surface area contributed by atoms with E-state index in [2.05, 4.69) is 11.9 Å². The van der Waals surface area contributed by atoms with Crippen LogP contribution in [0.4, 0.5) is 0 Å². The molecule has 0 aromatic heterocycles. The Morgan fingerprint density at radius 1 is 0.958 bits per heavy atom. The average molecular weight is 319 g/mol. The molecule has 0 amide bonds. The largest absolute Gasteiger partial charge is 0.504 e. The maximum absolute atomic E-state index is 12.9.